The van der Waals surface area contributed by atoms with Crippen LogP contribution in [0.2, 0.25) is 0 Å². The second-order valence-corrected chi connectivity index (χ2v) is 4.10. The maximum absolute atomic E-state index is 9.86. The molecule has 1 aliphatic rings. The molecule has 0 unspecified atom stereocenters. The van der Waals surface area contributed by atoms with E-state index in [9.17, 15) is 4.79 Å². The molecule has 0 N–H and O–H groups in total. The van der Waals surface area contributed by atoms with Gasteiger partial charge in [0.05, 0.1) is 17.7 Å². The number of hydrogen-bond donors (Lipinski definition) is 0. The maximum Gasteiger partial charge on any atom is 0.234 e. The van der Waals surface area contributed by atoms with Gasteiger partial charge in [-0.3, -0.25) is 0 Å². The van der Waals surface area contributed by atoms with Gasteiger partial charge in [-0.25, -0.2) is 14.8 Å². The van der Waals surface area contributed by atoms with Gasteiger partial charge >= 0.3 is 0 Å². The first-order chi connectivity index (χ1) is 6.42. The van der Waals surface area contributed by atoms with Gasteiger partial charge in [0.25, 0.3) is 0 Å². The highest BCUT2D eigenvalue weighted by molar-refractivity contribution is 7.09. The Bertz CT molecular complexity index is 337. The number of carbonyl (C=O) groups excluding carboxylic acids is 1. The molecule has 0 atom stereocenters. The molecule has 68 valence electrons. The Kier molecular flexibility index (Phi) is 2.52. The van der Waals surface area contributed by atoms with E-state index < -0.39 is 0 Å². The molecule has 1 aromatic rings. The molecular weight excluding hydrogens is 184 g/mol. The molecule has 3 nitrogen and oxygen atoms in total. The first-order valence-corrected chi connectivity index (χ1v) is 5.25. The van der Waals surface area contributed by atoms with Crippen LogP contribution >= 0.6 is 11.3 Å². The van der Waals surface area contributed by atoms with Crippen molar-refractivity contribution in [3.8, 4) is 0 Å². The fourth-order valence-electron chi connectivity index (χ4n) is 1.36. The van der Waals surface area contributed by atoms with E-state index in [1.54, 1.807) is 17.4 Å². The first kappa shape index (κ1) is 8.60. The van der Waals surface area contributed by atoms with Gasteiger partial charge in [-0.2, -0.15) is 0 Å². The fraction of sp³-hybridized carbons (Fsp3) is 0.556. The third-order valence-electron chi connectivity index (χ3n) is 2.15. The van der Waals surface area contributed by atoms with Crippen molar-refractivity contribution in [1.29, 1.82) is 0 Å². The molecule has 0 spiro atoms. The largest absolute Gasteiger partial charge is 0.249 e. The van der Waals surface area contributed by atoms with Crippen LogP contribution in [0, 0.1) is 0 Å². The van der Waals surface area contributed by atoms with Crippen molar-refractivity contribution in [3.63, 3.8) is 0 Å². The van der Waals surface area contributed by atoms with Crippen molar-refractivity contribution in [1.82, 2.24) is 4.98 Å². The standard InChI is InChI=1S/C9H10N2OS/c12-5-10-4-3-8-9(7-1-2-7)11-6-13-8/h6-7H,1-4H2. The fourth-order valence-corrected chi connectivity index (χ4v) is 2.20. The Morgan fingerprint density at radius 1 is 1.69 bits per heavy atom. The van der Waals surface area contributed by atoms with E-state index in [1.807, 2.05) is 5.51 Å². The second kappa shape index (κ2) is 3.81. The SMILES string of the molecule is O=C=NCCc1scnc1C1CC1. The lowest BCUT2D eigenvalue weighted by Crippen LogP contribution is -1.91. The Morgan fingerprint density at radius 3 is 3.23 bits per heavy atom. The van der Waals surface area contributed by atoms with Crippen molar-refractivity contribution in [3.05, 3.63) is 16.1 Å². The van der Waals surface area contributed by atoms with E-state index in [-0.39, 0.29) is 0 Å². The molecule has 0 amide bonds. The van der Waals surface area contributed by atoms with Crippen molar-refractivity contribution >= 4 is 17.4 Å². The summed E-state index contributed by atoms with van der Waals surface area (Å²) in [6, 6.07) is 0. The van der Waals surface area contributed by atoms with Gasteiger partial charge in [0, 0.05) is 17.2 Å². The summed E-state index contributed by atoms with van der Waals surface area (Å²) in [4.78, 5) is 19.0. The van der Waals surface area contributed by atoms with Crippen LogP contribution in [-0.4, -0.2) is 17.6 Å². The highest BCUT2D eigenvalue weighted by Gasteiger charge is 2.27. The highest BCUT2D eigenvalue weighted by Crippen LogP contribution is 2.41. The topological polar surface area (TPSA) is 42.3 Å². The Morgan fingerprint density at radius 2 is 2.54 bits per heavy atom. The number of hydrogen-bond acceptors (Lipinski definition) is 4. The van der Waals surface area contributed by atoms with Gasteiger partial charge in [-0.15, -0.1) is 11.3 Å². The van der Waals surface area contributed by atoms with Crippen LogP contribution in [0.3, 0.4) is 0 Å². The summed E-state index contributed by atoms with van der Waals surface area (Å²) in [5, 5.41) is 0. The Balaban J connectivity index is 2.01. The smallest absolute Gasteiger partial charge is 0.234 e. The molecule has 2 rings (SSSR count). The molecule has 0 aromatic carbocycles. The van der Waals surface area contributed by atoms with Crippen LogP contribution in [0.1, 0.15) is 29.3 Å². The van der Waals surface area contributed by atoms with Crippen molar-refractivity contribution in [2.45, 2.75) is 25.2 Å². The van der Waals surface area contributed by atoms with E-state index in [2.05, 4.69) is 9.98 Å². The summed E-state index contributed by atoms with van der Waals surface area (Å²) >= 11 is 1.67. The number of aromatic nitrogens is 1. The van der Waals surface area contributed by atoms with Gasteiger partial charge in [-0.1, -0.05) is 0 Å². The average molecular weight is 194 g/mol. The molecule has 0 saturated heterocycles. The van der Waals surface area contributed by atoms with Gasteiger partial charge in [0.1, 0.15) is 0 Å². The molecule has 1 fully saturated rings. The van der Waals surface area contributed by atoms with Crippen LogP contribution in [0.15, 0.2) is 10.5 Å². The third-order valence-corrected chi connectivity index (χ3v) is 3.06. The summed E-state index contributed by atoms with van der Waals surface area (Å²) in [7, 11) is 0. The van der Waals surface area contributed by atoms with Crippen LogP contribution in [0.5, 0.6) is 0 Å². The third kappa shape index (κ3) is 2.02. The molecule has 13 heavy (non-hydrogen) atoms. The number of isocyanates is 1. The van der Waals surface area contributed by atoms with E-state index >= 15 is 0 Å². The predicted octanol–water partition coefficient (Wildman–Crippen LogP) is 1.90. The van der Waals surface area contributed by atoms with E-state index in [4.69, 9.17) is 0 Å². The quantitative estimate of drug-likeness (QED) is 0.542. The van der Waals surface area contributed by atoms with Gasteiger partial charge in [0.15, 0.2) is 0 Å². The monoisotopic (exact) mass is 194 g/mol. The highest BCUT2D eigenvalue weighted by atomic mass is 32.1. The second-order valence-electron chi connectivity index (χ2n) is 3.16. The molecular formula is C9H10N2OS. The van der Waals surface area contributed by atoms with Crippen LogP contribution < -0.4 is 0 Å². The lowest BCUT2D eigenvalue weighted by Gasteiger charge is -1.95. The molecule has 1 heterocycles. The summed E-state index contributed by atoms with van der Waals surface area (Å²) in [6.07, 6.45) is 4.94. The van der Waals surface area contributed by atoms with Crippen molar-refractivity contribution in [2.24, 2.45) is 4.99 Å². The number of thiazole rings is 1. The van der Waals surface area contributed by atoms with Crippen molar-refractivity contribution in [2.75, 3.05) is 6.54 Å². The molecule has 1 saturated carbocycles. The lowest BCUT2D eigenvalue weighted by atomic mass is 10.2. The number of aliphatic imine (C=N–C) groups is 1. The summed E-state index contributed by atoms with van der Waals surface area (Å²) in [6.45, 7) is 0.547. The minimum Gasteiger partial charge on any atom is -0.249 e. The number of rotatable bonds is 4. The van der Waals surface area contributed by atoms with E-state index in [1.165, 1.54) is 23.4 Å². The zero-order valence-corrected chi connectivity index (χ0v) is 8.01. The minimum absolute atomic E-state index is 0.547. The normalized spacial score (nSPS) is 15.4. The molecule has 1 aliphatic carbocycles. The van der Waals surface area contributed by atoms with Crippen LogP contribution in [0.4, 0.5) is 0 Å². The van der Waals surface area contributed by atoms with E-state index in [0.29, 0.717) is 12.5 Å². The molecule has 4 heteroatoms. The first-order valence-electron chi connectivity index (χ1n) is 4.37. The van der Waals surface area contributed by atoms with Crippen LogP contribution in [-0.2, 0) is 11.2 Å². The summed E-state index contributed by atoms with van der Waals surface area (Å²) in [5.74, 6) is 0.696. The Hall–Kier alpha value is -0.990. The van der Waals surface area contributed by atoms with Gasteiger partial charge in [-0.05, 0) is 12.8 Å². The average Bonchev–Trinajstić information content (AvgIpc) is 2.88. The zero-order valence-electron chi connectivity index (χ0n) is 7.19. The zero-order chi connectivity index (χ0) is 9.10. The summed E-state index contributed by atoms with van der Waals surface area (Å²) in [5.41, 5.74) is 3.12. The molecule has 0 bridgehead atoms. The molecule has 0 aliphatic heterocycles. The lowest BCUT2D eigenvalue weighted by molar-refractivity contribution is 0.563. The molecule has 1 aromatic heterocycles. The number of nitrogens with zero attached hydrogens (tertiary/aromatic N) is 2. The van der Waals surface area contributed by atoms with E-state index in [0.717, 1.165) is 6.42 Å². The van der Waals surface area contributed by atoms with Gasteiger partial charge in [0.2, 0.25) is 6.08 Å². The van der Waals surface area contributed by atoms with Gasteiger partial charge < -0.3 is 0 Å². The summed E-state index contributed by atoms with van der Waals surface area (Å²) < 4.78 is 0. The maximum atomic E-state index is 9.86. The van der Waals surface area contributed by atoms with Crippen molar-refractivity contribution < 1.29 is 4.79 Å². The predicted molar refractivity (Wildman–Crippen MR) is 50.8 cm³/mol. The molecule has 0 radical (unpaired) electrons. The van der Waals surface area contributed by atoms with Crippen LogP contribution in [0.25, 0.3) is 0 Å². The Labute approximate surface area is 80.5 Å². The minimum atomic E-state index is 0.547.